The standard InChI is InChI=1S/C15H18N2O3/c1-2-9-3-4-11-10(7-9)8-17(15(11)20)12-5-6-13(18)16-14(12)19/h3-4,7,12-13,18H,2,5-6,8H2,1H3,(H,16,19). The topological polar surface area (TPSA) is 69.6 Å². The molecule has 2 heterocycles. The van der Waals surface area contributed by atoms with Crippen LogP contribution in [-0.4, -0.2) is 34.1 Å². The molecule has 0 radical (unpaired) electrons. The zero-order valence-electron chi connectivity index (χ0n) is 11.4. The van der Waals surface area contributed by atoms with E-state index in [-0.39, 0.29) is 11.8 Å². The summed E-state index contributed by atoms with van der Waals surface area (Å²) in [4.78, 5) is 26.0. The van der Waals surface area contributed by atoms with Crippen LogP contribution in [0.1, 0.15) is 41.3 Å². The van der Waals surface area contributed by atoms with E-state index < -0.39 is 12.3 Å². The molecule has 1 aromatic carbocycles. The van der Waals surface area contributed by atoms with E-state index in [1.54, 1.807) is 4.90 Å². The van der Waals surface area contributed by atoms with E-state index in [9.17, 15) is 14.7 Å². The Balaban J connectivity index is 1.84. The second-order valence-corrected chi connectivity index (χ2v) is 5.40. The molecule has 0 spiro atoms. The summed E-state index contributed by atoms with van der Waals surface area (Å²) in [5.41, 5.74) is 2.89. The van der Waals surface area contributed by atoms with Crippen molar-refractivity contribution in [2.45, 2.75) is 45.0 Å². The molecule has 2 aliphatic rings. The Hall–Kier alpha value is -1.88. The molecular weight excluding hydrogens is 256 g/mol. The van der Waals surface area contributed by atoms with Gasteiger partial charge in [0.25, 0.3) is 5.91 Å². The highest BCUT2D eigenvalue weighted by Crippen LogP contribution is 2.28. The molecule has 106 valence electrons. The minimum atomic E-state index is -0.787. The number of aliphatic hydroxyl groups excluding tert-OH is 1. The average molecular weight is 274 g/mol. The maximum Gasteiger partial charge on any atom is 0.255 e. The van der Waals surface area contributed by atoms with Gasteiger partial charge < -0.3 is 15.3 Å². The summed E-state index contributed by atoms with van der Waals surface area (Å²) in [5, 5.41) is 11.9. The number of hydrogen-bond acceptors (Lipinski definition) is 3. The van der Waals surface area contributed by atoms with Gasteiger partial charge in [0.05, 0.1) is 0 Å². The molecule has 2 amide bonds. The Morgan fingerprint density at radius 1 is 1.35 bits per heavy atom. The first-order chi connectivity index (χ1) is 9.60. The third-order valence-corrected chi connectivity index (χ3v) is 4.11. The van der Waals surface area contributed by atoms with Gasteiger partial charge in [0.2, 0.25) is 5.91 Å². The summed E-state index contributed by atoms with van der Waals surface area (Å²) in [6.07, 6.45) is 1.13. The summed E-state index contributed by atoms with van der Waals surface area (Å²) < 4.78 is 0. The van der Waals surface area contributed by atoms with Gasteiger partial charge in [-0.2, -0.15) is 0 Å². The molecular formula is C15H18N2O3. The second-order valence-electron chi connectivity index (χ2n) is 5.40. The van der Waals surface area contributed by atoms with E-state index in [0.29, 0.717) is 24.9 Å². The normalized spacial score (nSPS) is 25.6. The van der Waals surface area contributed by atoms with E-state index >= 15 is 0 Å². The molecule has 1 fully saturated rings. The molecule has 20 heavy (non-hydrogen) atoms. The summed E-state index contributed by atoms with van der Waals surface area (Å²) in [6, 6.07) is 5.39. The predicted molar refractivity (Wildman–Crippen MR) is 72.9 cm³/mol. The fraction of sp³-hybridized carbons (Fsp3) is 0.467. The van der Waals surface area contributed by atoms with E-state index in [4.69, 9.17) is 0 Å². The van der Waals surface area contributed by atoms with Gasteiger partial charge in [-0.1, -0.05) is 19.1 Å². The highest BCUT2D eigenvalue weighted by atomic mass is 16.3. The first-order valence-electron chi connectivity index (χ1n) is 7.01. The number of nitrogens with zero attached hydrogens (tertiary/aromatic N) is 1. The number of aliphatic hydroxyl groups is 1. The molecule has 0 bridgehead atoms. The molecule has 1 saturated heterocycles. The number of fused-ring (bicyclic) bond motifs is 1. The Labute approximate surface area is 117 Å². The van der Waals surface area contributed by atoms with Crippen LogP contribution in [0, 0.1) is 0 Å². The van der Waals surface area contributed by atoms with Crippen molar-refractivity contribution in [1.29, 1.82) is 0 Å². The van der Waals surface area contributed by atoms with Gasteiger partial charge in [0.15, 0.2) is 0 Å². The smallest absolute Gasteiger partial charge is 0.255 e. The summed E-state index contributed by atoms with van der Waals surface area (Å²) in [7, 11) is 0. The van der Waals surface area contributed by atoms with E-state index in [1.807, 2.05) is 18.2 Å². The molecule has 2 atom stereocenters. The average Bonchev–Trinajstić information content (AvgIpc) is 2.75. The van der Waals surface area contributed by atoms with E-state index in [2.05, 4.69) is 12.2 Å². The minimum absolute atomic E-state index is 0.0841. The van der Waals surface area contributed by atoms with Crippen LogP contribution in [-0.2, 0) is 17.8 Å². The third kappa shape index (κ3) is 2.08. The van der Waals surface area contributed by atoms with Crippen LogP contribution >= 0.6 is 0 Å². The Kier molecular flexibility index (Phi) is 3.22. The SMILES string of the molecule is CCc1ccc2c(c1)CN(C1CCC(O)NC1=O)C2=O. The highest BCUT2D eigenvalue weighted by molar-refractivity contribution is 6.01. The van der Waals surface area contributed by atoms with Crippen LogP contribution in [0.2, 0.25) is 0 Å². The maximum absolute atomic E-state index is 12.4. The van der Waals surface area contributed by atoms with Crippen molar-refractivity contribution in [1.82, 2.24) is 10.2 Å². The lowest BCUT2D eigenvalue weighted by Crippen LogP contribution is -2.54. The first kappa shape index (κ1) is 13.1. The van der Waals surface area contributed by atoms with E-state index in [1.165, 1.54) is 5.56 Å². The van der Waals surface area contributed by atoms with Gasteiger partial charge in [-0.15, -0.1) is 0 Å². The lowest BCUT2D eigenvalue weighted by molar-refractivity contribution is -0.132. The minimum Gasteiger partial charge on any atom is -0.374 e. The highest BCUT2D eigenvalue weighted by Gasteiger charge is 2.38. The van der Waals surface area contributed by atoms with Crippen molar-refractivity contribution in [3.8, 4) is 0 Å². The van der Waals surface area contributed by atoms with Crippen molar-refractivity contribution < 1.29 is 14.7 Å². The summed E-state index contributed by atoms with van der Waals surface area (Å²) in [6.45, 7) is 2.56. The lowest BCUT2D eigenvalue weighted by atomic mass is 10.0. The summed E-state index contributed by atoms with van der Waals surface area (Å²) in [5.74, 6) is -0.347. The number of carbonyl (C=O) groups is 2. The number of piperidine rings is 1. The van der Waals surface area contributed by atoms with Crippen molar-refractivity contribution in [3.63, 3.8) is 0 Å². The van der Waals surface area contributed by atoms with Crippen LogP contribution in [0.3, 0.4) is 0 Å². The molecule has 0 aliphatic carbocycles. The van der Waals surface area contributed by atoms with Crippen LogP contribution < -0.4 is 5.32 Å². The van der Waals surface area contributed by atoms with E-state index in [0.717, 1.165) is 12.0 Å². The number of nitrogens with one attached hydrogen (secondary N) is 1. The Bertz CT molecular complexity index is 570. The van der Waals surface area contributed by atoms with Gasteiger partial charge in [0.1, 0.15) is 12.3 Å². The number of rotatable bonds is 2. The van der Waals surface area contributed by atoms with Crippen LogP contribution in [0.25, 0.3) is 0 Å². The number of benzene rings is 1. The Morgan fingerprint density at radius 2 is 2.15 bits per heavy atom. The molecule has 2 unspecified atom stereocenters. The van der Waals surface area contributed by atoms with Gasteiger partial charge in [0, 0.05) is 12.1 Å². The van der Waals surface area contributed by atoms with Crippen molar-refractivity contribution in [3.05, 3.63) is 34.9 Å². The van der Waals surface area contributed by atoms with Crippen molar-refractivity contribution in [2.75, 3.05) is 0 Å². The van der Waals surface area contributed by atoms with Gasteiger partial charge in [-0.3, -0.25) is 9.59 Å². The van der Waals surface area contributed by atoms with Crippen LogP contribution in [0.15, 0.2) is 18.2 Å². The molecule has 1 aromatic rings. The third-order valence-electron chi connectivity index (χ3n) is 4.11. The van der Waals surface area contributed by atoms with Crippen LogP contribution in [0.5, 0.6) is 0 Å². The molecule has 0 saturated carbocycles. The zero-order valence-corrected chi connectivity index (χ0v) is 11.4. The van der Waals surface area contributed by atoms with Crippen molar-refractivity contribution in [2.24, 2.45) is 0 Å². The summed E-state index contributed by atoms with van der Waals surface area (Å²) >= 11 is 0. The Morgan fingerprint density at radius 3 is 2.85 bits per heavy atom. The molecule has 0 aromatic heterocycles. The molecule has 3 rings (SSSR count). The maximum atomic E-state index is 12.4. The number of aryl methyl sites for hydroxylation is 1. The zero-order chi connectivity index (χ0) is 14.3. The predicted octanol–water partition coefficient (Wildman–Crippen LogP) is 0.802. The van der Waals surface area contributed by atoms with Gasteiger partial charge in [-0.25, -0.2) is 0 Å². The molecule has 2 aliphatic heterocycles. The second kappa shape index (κ2) is 4.90. The van der Waals surface area contributed by atoms with Crippen LogP contribution in [0.4, 0.5) is 0 Å². The fourth-order valence-corrected chi connectivity index (χ4v) is 2.94. The largest absolute Gasteiger partial charge is 0.374 e. The molecule has 2 N–H and O–H groups in total. The van der Waals surface area contributed by atoms with Gasteiger partial charge in [-0.05, 0) is 36.5 Å². The monoisotopic (exact) mass is 274 g/mol. The number of amides is 2. The molecule has 5 heteroatoms. The number of hydrogen-bond donors (Lipinski definition) is 2. The number of carbonyl (C=O) groups excluding carboxylic acids is 2. The molecule has 5 nitrogen and oxygen atoms in total. The van der Waals surface area contributed by atoms with Gasteiger partial charge >= 0.3 is 0 Å². The lowest BCUT2D eigenvalue weighted by Gasteiger charge is -2.32. The fourth-order valence-electron chi connectivity index (χ4n) is 2.94. The van der Waals surface area contributed by atoms with Crippen molar-refractivity contribution >= 4 is 11.8 Å². The quantitative estimate of drug-likeness (QED) is 0.838. The first-order valence-corrected chi connectivity index (χ1v) is 7.01.